The van der Waals surface area contributed by atoms with Crippen LogP contribution in [0.15, 0.2) is 18.2 Å². The van der Waals surface area contributed by atoms with Crippen LogP contribution in [0.4, 0.5) is 5.69 Å². The lowest BCUT2D eigenvalue weighted by molar-refractivity contribution is -0.107. The standard InChI is InChI=1S/C25H37ClN2O2.ClH/c1-18-2-3-22(26)11-24(18)28-6-4-27(5-7-28)15-23(29)16-30-17-25-12-19-8-20(13-25)10-21(9-19)14-25;/h2-3,11,19-21,23,29H,4-10,12-17H2,1H3;1H. The molecule has 1 aromatic rings. The number of anilines is 1. The average Bonchev–Trinajstić information content (AvgIpc) is 2.69. The number of aliphatic hydroxyl groups excluding tert-OH is 1. The third kappa shape index (κ3) is 5.35. The fraction of sp³-hybridized carbons (Fsp3) is 0.760. The molecule has 1 saturated heterocycles. The van der Waals surface area contributed by atoms with Gasteiger partial charge in [-0.3, -0.25) is 4.90 Å². The van der Waals surface area contributed by atoms with Crippen LogP contribution in [0.3, 0.4) is 0 Å². The van der Waals surface area contributed by atoms with Crippen molar-refractivity contribution in [2.24, 2.45) is 23.2 Å². The number of hydrogen-bond acceptors (Lipinski definition) is 4. The molecule has 0 radical (unpaired) electrons. The molecular weight excluding hydrogens is 431 g/mol. The van der Waals surface area contributed by atoms with Gasteiger partial charge in [-0.1, -0.05) is 17.7 Å². The largest absolute Gasteiger partial charge is 0.389 e. The molecule has 1 aromatic carbocycles. The quantitative estimate of drug-likeness (QED) is 0.623. The molecule has 174 valence electrons. The van der Waals surface area contributed by atoms with Gasteiger partial charge < -0.3 is 14.7 Å². The van der Waals surface area contributed by atoms with Crippen molar-refractivity contribution in [1.29, 1.82) is 0 Å². The van der Waals surface area contributed by atoms with Gasteiger partial charge in [0.15, 0.2) is 0 Å². The summed E-state index contributed by atoms with van der Waals surface area (Å²) in [5, 5.41) is 11.4. The molecule has 0 amide bonds. The number of halogens is 2. The minimum Gasteiger partial charge on any atom is -0.389 e. The van der Waals surface area contributed by atoms with Crippen LogP contribution in [0.2, 0.25) is 5.02 Å². The first-order valence-corrected chi connectivity index (χ1v) is 12.4. The van der Waals surface area contributed by atoms with E-state index < -0.39 is 6.10 Å². The number of benzene rings is 1. The number of ether oxygens (including phenoxy) is 1. The third-order valence-corrected chi connectivity index (χ3v) is 8.47. The fourth-order valence-electron chi connectivity index (χ4n) is 7.32. The lowest BCUT2D eigenvalue weighted by Gasteiger charge is -2.56. The minimum absolute atomic E-state index is 0. The SMILES string of the molecule is Cc1ccc(Cl)cc1N1CCN(CC(O)COCC23CC4CC(CC(C4)C2)C3)CC1.Cl. The summed E-state index contributed by atoms with van der Waals surface area (Å²) in [5.41, 5.74) is 2.95. The highest BCUT2D eigenvalue weighted by Gasteiger charge is 2.50. The summed E-state index contributed by atoms with van der Waals surface area (Å²) in [6, 6.07) is 6.12. The van der Waals surface area contributed by atoms with E-state index in [1.54, 1.807) is 0 Å². The Morgan fingerprint density at radius 1 is 1.06 bits per heavy atom. The Bertz CT molecular complexity index is 716. The van der Waals surface area contributed by atoms with Gasteiger partial charge in [0.25, 0.3) is 0 Å². The number of aryl methyl sites for hydroxylation is 1. The van der Waals surface area contributed by atoms with Gasteiger partial charge >= 0.3 is 0 Å². The Balaban J connectivity index is 0.00000231. The van der Waals surface area contributed by atoms with Gasteiger partial charge in [-0.25, -0.2) is 0 Å². The molecular formula is C25H38Cl2N2O2. The highest BCUT2D eigenvalue weighted by atomic mass is 35.5. The van der Waals surface area contributed by atoms with Crippen LogP contribution in [-0.2, 0) is 4.74 Å². The summed E-state index contributed by atoms with van der Waals surface area (Å²) in [4.78, 5) is 4.78. The Kier molecular flexibility index (Phi) is 7.45. The molecule has 4 saturated carbocycles. The summed E-state index contributed by atoms with van der Waals surface area (Å²) in [5.74, 6) is 2.89. The predicted octanol–water partition coefficient (Wildman–Crippen LogP) is 4.79. The highest BCUT2D eigenvalue weighted by Crippen LogP contribution is 2.60. The molecule has 0 aromatic heterocycles. The molecule has 31 heavy (non-hydrogen) atoms. The van der Waals surface area contributed by atoms with Gasteiger partial charge in [0.1, 0.15) is 0 Å². The molecule has 1 heterocycles. The maximum Gasteiger partial charge on any atom is 0.0900 e. The Labute approximate surface area is 198 Å². The lowest BCUT2D eigenvalue weighted by atomic mass is 9.50. The normalized spacial score (nSPS) is 33.4. The van der Waals surface area contributed by atoms with E-state index in [4.69, 9.17) is 16.3 Å². The van der Waals surface area contributed by atoms with Crippen LogP contribution in [0.1, 0.15) is 44.1 Å². The molecule has 1 atom stereocenters. The van der Waals surface area contributed by atoms with Gasteiger partial charge in [-0.05, 0) is 86.3 Å². The van der Waals surface area contributed by atoms with Gasteiger partial charge in [0, 0.05) is 43.4 Å². The van der Waals surface area contributed by atoms with E-state index in [1.165, 1.54) is 49.8 Å². The molecule has 4 nitrogen and oxygen atoms in total. The van der Waals surface area contributed by atoms with Gasteiger partial charge in [-0.15, -0.1) is 12.4 Å². The van der Waals surface area contributed by atoms with Crippen LogP contribution in [-0.4, -0.2) is 62.0 Å². The molecule has 6 heteroatoms. The van der Waals surface area contributed by atoms with Crippen LogP contribution in [0.25, 0.3) is 0 Å². The maximum absolute atomic E-state index is 10.6. The number of rotatable bonds is 7. The summed E-state index contributed by atoms with van der Waals surface area (Å²) >= 11 is 6.20. The molecule has 4 aliphatic carbocycles. The molecule has 5 fully saturated rings. The zero-order chi connectivity index (χ0) is 20.7. The van der Waals surface area contributed by atoms with Gasteiger partial charge in [0.05, 0.1) is 19.3 Å². The minimum atomic E-state index is -0.390. The number of β-amino-alcohol motifs (C(OH)–C–C–N with tert-alkyl or cyclic N) is 1. The Hall–Kier alpha value is -0.520. The fourth-order valence-corrected chi connectivity index (χ4v) is 7.49. The average molecular weight is 469 g/mol. The molecule has 0 spiro atoms. The zero-order valence-corrected chi connectivity index (χ0v) is 20.3. The van der Waals surface area contributed by atoms with E-state index in [2.05, 4.69) is 28.9 Å². The van der Waals surface area contributed by atoms with Crippen molar-refractivity contribution in [3.63, 3.8) is 0 Å². The monoisotopic (exact) mass is 468 g/mol. The molecule has 1 aliphatic heterocycles. The molecule has 1 unspecified atom stereocenters. The first kappa shape index (κ1) is 23.6. The second kappa shape index (κ2) is 9.77. The first-order valence-electron chi connectivity index (χ1n) is 12.0. The van der Waals surface area contributed by atoms with Crippen molar-refractivity contribution >= 4 is 29.7 Å². The third-order valence-electron chi connectivity index (χ3n) is 8.24. The van der Waals surface area contributed by atoms with E-state index in [9.17, 15) is 5.11 Å². The summed E-state index contributed by atoms with van der Waals surface area (Å²) < 4.78 is 6.14. The van der Waals surface area contributed by atoms with E-state index in [0.29, 0.717) is 18.6 Å². The van der Waals surface area contributed by atoms with Crippen molar-refractivity contribution < 1.29 is 9.84 Å². The Morgan fingerprint density at radius 2 is 1.68 bits per heavy atom. The van der Waals surface area contributed by atoms with Crippen molar-refractivity contribution in [2.45, 2.75) is 51.6 Å². The molecule has 4 bridgehead atoms. The van der Waals surface area contributed by atoms with Crippen molar-refractivity contribution in [1.82, 2.24) is 4.90 Å². The number of nitrogens with zero attached hydrogens (tertiary/aromatic N) is 2. The van der Waals surface area contributed by atoms with Gasteiger partial charge in [-0.2, -0.15) is 0 Å². The first-order chi connectivity index (χ1) is 14.5. The van der Waals surface area contributed by atoms with Crippen molar-refractivity contribution in [2.75, 3.05) is 50.8 Å². The Morgan fingerprint density at radius 3 is 2.29 bits per heavy atom. The second-order valence-corrected chi connectivity index (χ2v) is 11.2. The molecule has 5 aliphatic rings. The van der Waals surface area contributed by atoms with E-state index in [-0.39, 0.29) is 12.4 Å². The predicted molar refractivity (Wildman–Crippen MR) is 130 cm³/mol. The molecule has 6 rings (SSSR count). The van der Waals surface area contributed by atoms with Crippen LogP contribution in [0, 0.1) is 30.1 Å². The smallest absolute Gasteiger partial charge is 0.0900 e. The number of piperazine rings is 1. The summed E-state index contributed by atoms with van der Waals surface area (Å²) in [7, 11) is 0. The van der Waals surface area contributed by atoms with Crippen LogP contribution < -0.4 is 4.90 Å². The second-order valence-electron chi connectivity index (χ2n) is 10.8. The highest BCUT2D eigenvalue weighted by molar-refractivity contribution is 6.30. The van der Waals surface area contributed by atoms with Crippen LogP contribution >= 0.6 is 24.0 Å². The number of hydrogen-bond donors (Lipinski definition) is 1. The molecule has 1 N–H and O–H groups in total. The number of aliphatic hydroxyl groups is 1. The van der Waals surface area contributed by atoms with Crippen molar-refractivity contribution in [3.8, 4) is 0 Å². The van der Waals surface area contributed by atoms with E-state index in [1.807, 2.05) is 6.07 Å². The van der Waals surface area contributed by atoms with Crippen LogP contribution in [0.5, 0.6) is 0 Å². The maximum atomic E-state index is 10.6. The topological polar surface area (TPSA) is 35.9 Å². The van der Waals surface area contributed by atoms with E-state index in [0.717, 1.165) is 55.6 Å². The zero-order valence-electron chi connectivity index (χ0n) is 18.8. The van der Waals surface area contributed by atoms with E-state index >= 15 is 0 Å². The van der Waals surface area contributed by atoms with Crippen molar-refractivity contribution in [3.05, 3.63) is 28.8 Å². The lowest BCUT2D eigenvalue weighted by Crippen LogP contribution is -2.50. The summed E-state index contributed by atoms with van der Waals surface area (Å²) in [6.45, 7) is 8.09. The summed E-state index contributed by atoms with van der Waals surface area (Å²) in [6.07, 6.45) is 8.16. The van der Waals surface area contributed by atoms with Gasteiger partial charge in [0.2, 0.25) is 0 Å².